The van der Waals surface area contributed by atoms with Gasteiger partial charge in [0, 0.05) is 0 Å². The lowest BCUT2D eigenvalue weighted by Gasteiger charge is -2.17. The lowest BCUT2D eigenvalue weighted by atomic mass is 9.37. The molecule has 0 aliphatic heterocycles. The number of hydrogen-bond acceptors (Lipinski definition) is 0. The maximum absolute atomic E-state index is 13.6. The van der Waals surface area contributed by atoms with Crippen molar-refractivity contribution >= 4 is 23.1 Å². The van der Waals surface area contributed by atoms with Gasteiger partial charge in [0.25, 0.3) is 0 Å². The Bertz CT molecular complexity index is 875. The highest BCUT2D eigenvalue weighted by molar-refractivity contribution is 6.95. The average molecular weight is 404 g/mol. The molecule has 0 aliphatic rings. The summed E-state index contributed by atoms with van der Waals surface area (Å²) in [6.07, 6.45) is 0. The first-order chi connectivity index (χ1) is 13.1. The van der Waals surface area contributed by atoms with E-state index >= 15 is 0 Å². The van der Waals surface area contributed by atoms with E-state index in [2.05, 4.69) is 0 Å². The van der Waals surface area contributed by atoms with Crippen LogP contribution in [0.25, 0.3) is 0 Å². The smallest absolute Gasteiger partial charge is 0.204 e. The molecule has 0 atom stereocenters. The fraction of sp³-hybridized carbons (Fsp3) is 0. The molecule has 0 aliphatic carbocycles. The van der Waals surface area contributed by atoms with Gasteiger partial charge in [0.15, 0.2) is 52.4 Å². The Labute approximate surface area is 152 Å². The molecule has 28 heavy (non-hydrogen) atoms. The van der Waals surface area contributed by atoms with E-state index in [1.165, 1.54) is 0 Å². The molecule has 0 N–H and O–H groups in total. The van der Waals surface area contributed by atoms with Gasteiger partial charge in [-0.1, -0.05) is 16.4 Å². The summed E-state index contributed by atoms with van der Waals surface area (Å²) in [6, 6.07) is 2.59. The van der Waals surface area contributed by atoms with Crippen LogP contribution in [0.4, 0.5) is 39.5 Å². The van der Waals surface area contributed by atoms with Crippen molar-refractivity contribution in [3.63, 3.8) is 0 Å². The van der Waals surface area contributed by atoms with Crippen LogP contribution in [-0.4, -0.2) is 6.71 Å². The third-order valence-electron chi connectivity index (χ3n) is 4.02. The molecule has 0 nitrogen and oxygen atoms in total. The zero-order valence-electron chi connectivity index (χ0n) is 13.4. The van der Waals surface area contributed by atoms with E-state index in [4.69, 9.17) is 0 Å². The summed E-state index contributed by atoms with van der Waals surface area (Å²) in [6.45, 7) is -1.68. The molecule has 0 radical (unpaired) electrons. The van der Waals surface area contributed by atoms with Crippen LogP contribution in [0.2, 0.25) is 0 Å². The average Bonchev–Trinajstić information content (AvgIpc) is 2.62. The van der Waals surface area contributed by atoms with Crippen LogP contribution < -0.4 is 16.4 Å². The molecule has 0 saturated heterocycles. The lowest BCUT2D eigenvalue weighted by molar-refractivity contribution is 0.447. The Morgan fingerprint density at radius 2 is 0.536 bits per heavy atom. The van der Waals surface area contributed by atoms with Gasteiger partial charge in [0.05, 0.1) is 0 Å². The zero-order valence-corrected chi connectivity index (χ0v) is 13.4. The summed E-state index contributed by atoms with van der Waals surface area (Å²) >= 11 is 0. The largest absolute Gasteiger partial charge is 0.242 e. The minimum Gasteiger partial charge on any atom is -0.204 e. The predicted molar refractivity (Wildman–Crippen MR) is 83.6 cm³/mol. The topological polar surface area (TPSA) is 0 Å². The van der Waals surface area contributed by atoms with Gasteiger partial charge in [-0.2, -0.15) is 0 Å². The van der Waals surface area contributed by atoms with Crippen LogP contribution in [0.5, 0.6) is 0 Å². The molecule has 10 heteroatoms. The first-order valence-electron chi connectivity index (χ1n) is 7.53. The van der Waals surface area contributed by atoms with Gasteiger partial charge in [0.2, 0.25) is 6.71 Å². The Morgan fingerprint density at radius 1 is 0.357 bits per heavy atom. The van der Waals surface area contributed by atoms with Crippen molar-refractivity contribution in [1.29, 1.82) is 0 Å². The lowest BCUT2D eigenvalue weighted by Crippen LogP contribution is -2.53. The van der Waals surface area contributed by atoms with Crippen LogP contribution in [0.15, 0.2) is 36.4 Å². The van der Waals surface area contributed by atoms with Gasteiger partial charge in [-0.25, -0.2) is 39.5 Å². The van der Waals surface area contributed by atoms with Crippen LogP contribution in [0.1, 0.15) is 0 Å². The molecular weight excluding hydrogens is 398 g/mol. The summed E-state index contributed by atoms with van der Waals surface area (Å²) in [5, 5.41) is 0. The molecule has 0 amide bonds. The summed E-state index contributed by atoms with van der Waals surface area (Å²) in [5.74, 6) is -15.7. The van der Waals surface area contributed by atoms with E-state index in [0.29, 0.717) is 36.4 Å². The molecule has 3 aromatic rings. The third kappa shape index (κ3) is 3.46. The molecule has 0 heterocycles. The molecule has 3 rings (SSSR count). The maximum Gasteiger partial charge on any atom is 0.242 e. The number of benzene rings is 3. The van der Waals surface area contributed by atoms with E-state index in [9.17, 15) is 39.5 Å². The second kappa shape index (κ2) is 7.25. The van der Waals surface area contributed by atoms with Gasteiger partial charge >= 0.3 is 0 Å². The highest BCUT2D eigenvalue weighted by Gasteiger charge is 2.29. The van der Waals surface area contributed by atoms with E-state index in [0.717, 1.165) is 0 Å². The van der Waals surface area contributed by atoms with Crippen molar-refractivity contribution in [2.45, 2.75) is 0 Å². The van der Waals surface area contributed by atoms with Crippen molar-refractivity contribution < 1.29 is 39.5 Å². The van der Waals surface area contributed by atoms with E-state index in [1.54, 1.807) is 0 Å². The van der Waals surface area contributed by atoms with Crippen LogP contribution in [-0.2, 0) is 0 Å². The van der Waals surface area contributed by atoms with E-state index < -0.39 is 75.5 Å². The first kappa shape index (κ1) is 19.8. The summed E-state index contributed by atoms with van der Waals surface area (Å²) in [4.78, 5) is 0. The van der Waals surface area contributed by atoms with Crippen LogP contribution >= 0.6 is 0 Å². The second-order valence-corrected chi connectivity index (χ2v) is 5.83. The third-order valence-corrected chi connectivity index (χ3v) is 4.02. The van der Waals surface area contributed by atoms with Crippen molar-refractivity contribution in [3.05, 3.63) is 88.8 Å². The number of halogens is 9. The Hall–Kier alpha value is -2.91. The minimum absolute atomic E-state index is 0.432. The van der Waals surface area contributed by atoms with Crippen molar-refractivity contribution in [3.8, 4) is 0 Å². The highest BCUT2D eigenvalue weighted by Crippen LogP contribution is 2.14. The van der Waals surface area contributed by atoms with Crippen LogP contribution in [0, 0.1) is 52.4 Å². The Morgan fingerprint density at radius 3 is 0.714 bits per heavy atom. The number of rotatable bonds is 3. The highest BCUT2D eigenvalue weighted by atomic mass is 19.2. The molecule has 3 aromatic carbocycles. The molecule has 0 unspecified atom stereocenters. The zero-order chi connectivity index (χ0) is 20.7. The van der Waals surface area contributed by atoms with E-state index in [1.807, 2.05) is 0 Å². The second-order valence-electron chi connectivity index (χ2n) is 5.83. The Kier molecular flexibility index (Phi) is 5.14. The molecule has 0 saturated carbocycles. The molecule has 0 fully saturated rings. The first-order valence-corrected chi connectivity index (χ1v) is 7.53. The van der Waals surface area contributed by atoms with Gasteiger partial charge in [-0.15, -0.1) is 0 Å². The standard InChI is InChI=1S/C18H6BF9/c20-10-1-7(2-11(21)16(10)26)19(8-3-12(22)17(27)13(23)4-8)9-5-14(24)18(28)15(25)6-9/h1-6H. The SMILES string of the molecule is Fc1cc(B(c2cc(F)c(F)c(F)c2)c2cc(F)c(F)c(F)c2)cc(F)c1F. The van der Waals surface area contributed by atoms with Gasteiger partial charge in [-0.3, -0.25) is 0 Å². The molecule has 144 valence electrons. The van der Waals surface area contributed by atoms with Crippen molar-refractivity contribution in [1.82, 2.24) is 0 Å². The number of hydrogen-bond donors (Lipinski definition) is 0. The molecule has 0 spiro atoms. The fourth-order valence-corrected chi connectivity index (χ4v) is 2.80. The van der Waals surface area contributed by atoms with Gasteiger partial charge in [0.1, 0.15) is 0 Å². The summed E-state index contributed by atoms with van der Waals surface area (Å²) in [7, 11) is 0. The fourth-order valence-electron chi connectivity index (χ4n) is 2.80. The predicted octanol–water partition coefficient (Wildman–Crippen LogP) is 3.45. The molecule has 0 aromatic heterocycles. The van der Waals surface area contributed by atoms with Crippen molar-refractivity contribution in [2.24, 2.45) is 0 Å². The monoisotopic (exact) mass is 404 g/mol. The summed E-state index contributed by atoms with van der Waals surface area (Å²) < 4.78 is 122. The van der Waals surface area contributed by atoms with Gasteiger partial charge in [-0.05, 0) is 36.4 Å². The van der Waals surface area contributed by atoms with E-state index in [-0.39, 0.29) is 0 Å². The minimum atomic E-state index is -1.85. The molecular formula is C18H6BF9. The summed E-state index contributed by atoms with van der Waals surface area (Å²) in [5.41, 5.74) is -1.52. The van der Waals surface area contributed by atoms with Gasteiger partial charge < -0.3 is 0 Å². The normalized spacial score (nSPS) is 11.0. The Balaban J connectivity index is 2.32. The quantitative estimate of drug-likeness (QED) is 0.357. The van der Waals surface area contributed by atoms with Crippen molar-refractivity contribution in [2.75, 3.05) is 0 Å². The molecule has 0 bridgehead atoms. The van der Waals surface area contributed by atoms with Crippen LogP contribution in [0.3, 0.4) is 0 Å². The maximum atomic E-state index is 13.6.